The molecule has 21 heavy (non-hydrogen) atoms. The number of aryl methyl sites for hydroxylation is 1. The van der Waals surface area contributed by atoms with E-state index in [9.17, 15) is 0 Å². The molecule has 1 rings (SSSR count). The van der Waals surface area contributed by atoms with E-state index in [1.807, 2.05) is 0 Å². The van der Waals surface area contributed by atoms with Crippen LogP contribution in [0.2, 0.25) is 0 Å². The molecule has 2 unspecified atom stereocenters. The van der Waals surface area contributed by atoms with Crippen molar-refractivity contribution in [2.45, 2.75) is 65.8 Å². The molecule has 120 valence electrons. The number of benzene rings is 1. The van der Waals surface area contributed by atoms with Gasteiger partial charge < -0.3 is 10.1 Å². The molecular weight excluding hydrogens is 258 g/mol. The van der Waals surface area contributed by atoms with Crippen molar-refractivity contribution in [3.05, 3.63) is 29.3 Å². The lowest BCUT2D eigenvalue weighted by molar-refractivity contribution is 0.315. The molecule has 1 aromatic carbocycles. The van der Waals surface area contributed by atoms with E-state index in [2.05, 4.69) is 51.2 Å². The van der Waals surface area contributed by atoms with Crippen LogP contribution < -0.4 is 10.1 Å². The summed E-state index contributed by atoms with van der Waals surface area (Å²) >= 11 is 0. The molecule has 1 aromatic rings. The lowest BCUT2D eigenvalue weighted by Crippen LogP contribution is -2.38. The van der Waals surface area contributed by atoms with Crippen molar-refractivity contribution in [1.82, 2.24) is 5.32 Å². The summed E-state index contributed by atoms with van der Waals surface area (Å²) in [6.07, 6.45) is 6.22. The number of nitrogens with one attached hydrogen (secondary N) is 1. The van der Waals surface area contributed by atoms with Crippen molar-refractivity contribution in [2.75, 3.05) is 13.7 Å². The molecule has 0 saturated carbocycles. The normalized spacial score (nSPS) is 14.0. The molecule has 0 saturated heterocycles. The Bertz CT molecular complexity index is 403. The maximum atomic E-state index is 5.55. The third-order valence-corrected chi connectivity index (χ3v) is 4.36. The Hall–Kier alpha value is -1.02. The van der Waals surface area contributed by atoms with Gasteiger partial charge in [0.05, 0.1) is 7.11 Å². The summed E-state index contributed by atoms with van der Waals surface area (Å²) in [6, 6.07) is 7.04. The quantitative estimate of drug-likeness (QED) is 0.672. The molecule has 0 radical (unpaired) electrons. The van der Waals surface area contributed by atoms with E-state index in [1.54, 1.807) is 7.11 Å². The zero-order chi connectivity index (χ0) is 15.7. The first-order chi connectivity index (χ1) is 10.2. The van der Waals surface area contributed by atoms with Gasteiger partial charge >= 0.3 is 0 Å². The van der Waals surface area contributed by atoms with E-state index in [-0.39, 0.29) is 0 Å². The van der Waals surface area contributed by atoms with Crippen molar-refractivity contribution in [3.63, 3.8) is 0 Å². The number of hydrogen-bond donors (Lipinski definition) is 1. The van der Waals surface area contributed by atoms with E-state index in [1.165, 1.54) is 36.8 Å². The fraction of sp³-hybridized carbons (Fsp3) is 0.684. The van der Waals surface area contributed by atoms with Crippen LogP contribution in [0.5, 0.6) is 5.75 Å². The number of rotatable bonds is 10. The third-order valence-electron chi connectivity index (χ3n) is 4.36. The molecule has 0 aliphatic rings. The largest absolute Gasteiger partial charge is 0.496 e. The second-order valence-electron chi connectivity index (χ2n) is 5.99. The van der Waals surface area contributed by atoms with E-state index >= 15 is 0 Å². The van der Waals surface area contributed by atoms with Gasteiger partial charge in [-0.15, -0.1) is 0 Å². The van der Waals surface area contributed by atoms with Crippen molar-refractivity contribution >= 4 is 0 Å². The predicted octanol–water partition coefficient (Wildman–Crippen LogP) is 4.74. The van der Waals surface area contributed by atoms with Crippen molar-refractivity contribution in [2.24, 2.45) is 5.92 Å². The summed E-state index contributed by atoms with van der Waals surface area (Å²) < 4.78 is 5.55. The summed E-state index contributed by atoms with van der Waals surface area (Å²) in [4.78, 5) is 0. The molecule has 2 atom stereocenters. The van der Waals surface area contributed by atoms with Gasteiger partial charge in [-0.1, -0.05) is 57.7 Å². The highest BCUT2D eigenvalue weighted by atomic mass is 16.5. The maximum absolute atomic E-state index is 5.55. The van der Waals surface area contributed by atoms with Crippen LogP contribution in [0.3, 0.4) is 0 Å². The van der Waals surface area contributed by atoms with Crippen LogP contribution in [0.1, 0.15) is 57.6 Å². The Morgan fingerprint density at radius 1 is 1.19 bits per heavy atom. The first-order valence-electron chi connectivity index (χ1n) is 8.53. The van der Waals surface area contributed by atoms with Gasteiger partial charge in [0.1, 0.15) is 5.75 Å². The van der Waals surface area contributed by atoms with Gasteiger partial charge in [-0.05, 0) is 43.9 Å². The average Bonchev–Trinajstić information content (AvgIpc) is 2.48. The van der Waals surface area contributed by atoms with Crippen LogP contribution in [0, 0.1) is 12.8 Å². The van der Waals surface area contributed by atoms with Gasteiger partial charge in [0.25, 0.3) is 0 Å². The van der Waals surface area contributed by atoms with Gasteiger partial charge in [0, 0.05) is 6.04 Å². The van der Waals surface area contributed by atoms with Crippen molar-refractivity contribution in [1.29, 1.82) is 0 Å². The van der Waals surface area contributed by atoms with Gasteiger partial charge in [0.2, 0.25) is 0 Å². The Morgan fingerprint density at radius 2 is 1.95 bits per heavy atom. The van der Waals surface area contributed by atoms with Gasteiger partial charge in [0.15, 0.2) is 0 Å². The highest BCUT2D eigenvalue weighted by Crippen LogP contribution is 2.26. The highest BCUT2D eigenvalue weighted by molar-refractivity contribution is 5.37. The zero-order valence-corrected chi connectivity index (χ0v) is 14.5. The number of methoxy groups -OCH3 is 1. The van der Waals surface area contributed by atoms with Crippen LogP contribution in [-0.4, -0.2) is 19.7 Å². The molecule has 0 aliphatic carbocycles. The second-order valence-corrected chi connectivity index (χ2v) is 5.99. The molecule has 0 fully saturated rings. The number of likely N-dealkylation sites (N-methyl/N-ethyl adjacent to an activating group) is 1. The molecule has 2 nitrogen and oxygen atoms in total. The van der Waals surface area contributed by atoms with E-state index in [4.69, 9.17) is 4.74 Å². The highest BCUT2D eigenvalue weighted by Gasteiger charge is 2.20. The standard InChI is InChI=1S/C19H33NO/c1-6-9-10-16(7-2)18(20-8-3)14-17-13-15(4)11-12-19(17)21-5/h11-13,16,18,20H,6-10,14H2,1-5H3. The SMILES string of the molecule is CCCCC(CC)C(Cc1cc(C)ccc1OC)NCC. The van der Waals surface area contributed by atoms with Gasteiger partial charge in [-0.2, -0.15) is 0 Å². The summed E-state index contributed by atoms with van der Waals surface area (Å²) in [5.41, 5.74) is 2.64. The monoisotopic (exact) mass is 291 g/mol. The molecule has 0 heterocycles. The van der Waals surface area contributed by atoms with Crippen molar-refractivity contribution in [3.8, 4) is 5.75 Å². The number of unbranched alkanes of at least 4 members (excludes halogenated alkanes) is 1. The molecular formula is C19H33NO. The minimum absolute atomic E-state index is 0.544. The lowest BCUT2D eigenvalue weighted by Gasteiger charge is -2.28. The van der Waals surface area contributed by atoms with E-state index in [0.717, 1.165) is 24.6 Å². The summed E-state index contributed by atoms with van der Waals surface area (Å²) in [6.45, 7) is 9.98. The summed E-state index contributed by atoms with van der Waals surface area (Å²) in [5.74, 6) is 1.77. The van der Waals surface area contributed by atoms with Gasteiger partial charge in [-0.25, -0.2) is 0 Å². The van der Waals surface area contributed by atoms with E-state index < -0.39 is 0 Å². The first-order valence-corrected chi connectivity index (χ1v) is 8.53. The molecule has 0 bridgehead atoms. The van der Waals surface area contributed by atoms with Crippen LogP contribution in [0.15, 0.2) is 18.2 Å². The zero-order valence-electron chi connectivity index (χ0n) is 14.5. The van der Waals surface area contributed by atoms with Crippen LogP contribution in [0.25, 0.3) is 0 Å². The molecule has 0 amide bonds. The smallest absolute Gasteiger partial charge is 0.122 e. The first kappa shape index (κ1) is 18.0. The van der Waals surface area contributed by atoms with Crippen LogP contribution >= 0.6 is 0 Å². The summed E-state index contributed by atoms with van der Waals surface area (Å²) in [7, 11) is 1.77. The molecule has 2 heteroatoms. The lowest BCUT2D eigenvalue weighted by atomic mass is 9.87. The second kappa shape index (κ2) is 9.83. The molecule has 0 aromatic heterocycles. The average molecular weight is 291 g/mol. The fourth-order valence-corrected chi connectivity index (χ4v) is 3.13. The Kier molecular flexibility index (Phi) is 8.44. The minimum atomic E-state index is 0.544. The van der Waals surface area contributed by atoms with Crippen molar-refractivity contribution < 1.29 is 4.74 Å². The topological polar surface area (TPSA) is 21.3 Å². The Balaban J connectivity index is 2.88. The molecule has 0 spiro atoms. The maximum Gasteiger partial charge on any atom is 0.122 e. The molecule has 1 N–H and O–H groups in total. The van der Waals surface area contributed by atoms with Crippen LogP contribution in [-0.2, 0) is 6.42 Å². The van der Waals surface area contributed by atoms with E-state index in [0.29, 0.717) is 6.04 Å². The summed E-state index contributed by atoms with van der Waals surface area (Å²) in [5, 5.41) is 3.71. The van der Waals surface area contributed by atoms with Gasteiger partial charge in [-0.3, -0.25) is 0 Å². The fourth-order valence-electron chi connectivity index (χ4n) is 3.13. The predicted molar refractivity (Wildman–Crippen MR) is 92.2 cm³/mol. The Labute approximate surface area is 131 Å². The Morgan fingerprint density at radius 3 is 2.52 bits per heavy atom. The molecule has 0 aliphatic heterocycles. The van der Waals surface area contributed by atoms with Crippen LogP contribution in [0.4, 0.5) is 0 Å². The minimum Gasteiger partial charge on any atom is -0.496 e. The number of ether oxygens (including phenoxy) is 1. The third kappa shape index (κ3) is 5.70. The number of hydrogen-bond acceptors (Lipinski definition) is 2.